The Morgan fingerprint density at radius 3 is 2.93 bits per heavy atom. The summed E-state index contributed by atoms with van der Waals surface area (Å²) in [5.41, 5.74) is 0. The highest BCUT2D eigenvalue weighted by Gasteiger charge is 2.19. The van der Waals surface area contributed by atoms with E-state index in [9.17, 15) is 4.79 Å². The van der Waals surface area contributed by atoms with Crippen LogP contribution >= 0.6 is 12.2 Å². The molecule has 5 nitrogen and oxygen atoms in total. The van der Waals surface area contributed by atoms with Gasteiger partial charge >= 0.3 is 5.97 Å². The third-order valence-corrected chi connectivity index (χ3v) is 2.31. The molecule has 78 valence electrons. The van der Waals surface area contributed by atoms with Crippen LogP contribution in [0.5, 0.6) is 0 Å². The molecule has 0 aliphatic rings. The van der Waals surface area contributed by atoms with Crippen LogP contribution in [0.1, 0.15) is 25.7 Å². The first kappa shape index (κ1) is 10.9. The molecule has 0 saturated heterocycles. The minimum absolute atomic E-state index is 0.322. The number of ether oxygens (including phenoxy) is 1. The predicted molar refractivity (Wildman–Crippen MR) is 53.5 cm³/mol. The van der Waals surface area contributed by atoms with Gasteiger partial charge in [-0.1, -0.05) is 6.92 Å². The summed E-state index contributed by atoms with van der Waals surface area (Å²) >= 11 is 5.02. The summed E-state index contributed by atoms with van der Waals surface area (Å²) in [6.45, 7) is 3.68. The van der Waals surface area contributed by atoms with E-state index >= 15 is 0 Å². The topological polar surface area (TPSA) is 59.9 Å². The highest BCUT2D eigenvalue weighted by molar-refractivity contribution is 7.71. The van der Waals surface area contributed by atoms with Crippen LogP contribution in [0.2, 0.25) is 0 Å². The predicted octanol–water partition coefficient (Wildman–Crippen LogP) is 1.24. The fraction of sp³-hybridized carbons (Fsp3) is 0.625. The molecule has 14 heavy (non-hydrogen) atoms. The van der Waals surface area contributed by atoms with Crippen LogP contribution in [0.25, 0.3) is 0 Å². The minimum Gasteiger partial charge on any atom is -0.467 e. The maximum absolute atomic E-state index is 11.3. The van der Waals surface area contributed by atoms with Gasteiger partial charge in [0.05, 0.1) is 7.11 Å². The molecule has 0 spiro atoms. The maximum atomic E-state index is 11.3. The summed E-state index contributed by atoms with van der Waals surface area (Å²) in [7, 11) is 1.36. The van der Waals surface area contributed by atoms with Crippen molar-refractivity contribution < 1.29 is 9.53 Å². The van der Waals surface area contributed by atoms with Crippen LogP contribution in [0.15, 0.2) is 0 Å². The second kappa shape index (κ2) is 4.36. The summed E-state index contributed by atoms with van der Waals surface area (Å²) in [5.74, 6) is 0.435. The van der Waals surface area contributed by atoms with Crippen molar-refractivity contribution in [3.05, 3.63) is 10.6 Å². The van der Waals surface area contributed by atoms with E-state index in [0.717, 1.165) is 5.82 Å². The summed E-state index contributed by atoms with van der Waals surface area (Å²) in [6.07, 6.45) is 0.717. The molecule has 1 heterocycles. The van der Waals surface area contributed by atoms with E-state index in [1.165, 1.54) is 7.11 Å². The molecular formula is C8H13N3O2S. The summed E-state index contributed by atoms with van der Waals surface area (Å²) in [4.78, 5) is 11.3. The molecule has 0 saturated carbocycles. The summed E-state index contributed by atoms with van der Waals surface area (Å²) < 4.78 is 6.75. The molecule has 0 fully saturated rings. The van der Waals surface area contributed by atoms with Crippen molar-refractivity contribution in [3.8, 4) is 0 Å². The molecule has 1 N–H and O–H groups in total. The molecule has 1 atom stereocenters. The highest BCUT2D eigenvalue weighted by Crippen LogP contribution is 2.11. The Balaban J connectivity index is 3.10. The highest BCUT2D eigenvalue weighted by atomic mass is 32.1. The maximum Gasteiger partial charge on any atom is 0.328 e. The van der Waals surface area contributed by atoms with Gasteiger partial charge in [0, 0.05) is 6.42 Å². The molecule has 1 unspecified atom stereocenters. The van der Waals surface area contributed by atoms with Crippen molar-refractivity contribution in [3.63, 3.8) is 0 Å². The third kappa shape index (κ3) is 1.84. The lowest BCUT2D eigenvalue weighted by molar-refractivity contribution is -0.144. The summed E-state index contributed by atoms with van der Waals surface area (Å²) in [5, 5.41) is 6.67. The lowest BCUT2D eigenvalue weighted by atomic mass is 10.3. The van der Waals surface area contributed by atoms with Crippen molar-refractivity contribution in [1.82, 2.24) is 14.8 Å². The van der Waals surface area contributed by atoms with Crippen LogP contribution in [-0.2, 0) is 16.0 Å². The minimum atomic E-state index is -0.429. The zero-order valence-corrected chi connectivity index (χ0v) is 9.22. The molecular weight excluding hydrogens is 202 g/mol. The zero-order chi connectivity index (χ0) is 10.7. The van der Waals surface area contributed by atoms with Crippen LogP contribution in [-0.4, -0.2) is 27.8 Å². The first-order valence-corrected chi connectivity index (χ1v) is 4.76. The van der Waals surface area contributed by atoms with Gasteiger partial charge in [0.2, 0.25) is 0 Å². The van der Waals surface area contributed by atoms with Crippen LogP contribution in [0, 0.1) is 4.77 Å². The number of H-pyrrole nitrogens is 1. The molecule has 0 aliphatic heterocycles. The molecule has 1 aromatic heterocycles. The van der Waals surface area contributed by atoms with E-state index in [-0.39, 0.29) is 5.97 Å². The quantitative estimate of drug-likeness (QED) is 0.608. The number of methoxy groups -OCH3 is 1. The lowest BCUT2D eigenvalue weighted by Gasteiger charge is -2.11. The van der Waals surface area contributed by atoms with Gasteiger partial charge in [-0.15, -0.1) is 0 Å². The molecule has 0 aliphatic carbocycles. The second-order valence-electron chi connectivity index (χ2n) is 2.87. The van der Waals surface area contributed by atoms with Gasteiger partial charge in [-0.2, -0.15) is 5.10 Å². The number of hydrogen-bond donors (Lipinski definition) is 1. The van der Waals surface area contributed by atoms with E-state index < -0.39 is 6.04 Å². The molecule has 0 bridgehead atoms. The lowest BCUT2D eigenvalue weighted by Crippen LogP contribution is -2.19. The Bertz CT molecular complexity index is 382. The number of nitrogens with zero attached hydrogens (tertiary/aromatic N) is 2. The Kier molecular flexibility index (Phi) is 3.40. The number of rotatable bonds is 3. The first-order chi connectivity index (χ1) is 6.61. The van der Waals surface area contributed by atoms with Gasteiger partial charge in [0.15, 0.2) is 4.77 Å². The average Bonchev–Trinajstić information content (AvgIpc) is 2.57. The van der Waals surface area contributed by atoms with Crippen molar-refractivity contribution in [2.45, 2.75) is 26.3 Å². The number of carbonyl (C=O) groups is 1. The number of aryl methyl sites for hydroxylation is 1. The molecule has 1 rings (SSSR count). The smallest absolute Gasteiger partial charge is 0.328 e. The number of esters is 1. The molecule has 0 amide bonds. The van der Waals surface area contributed by atoms with E-state index in [0.29, 0.717) is 11.2 Å². The van der Waals surface area contributed by atoms with Crippen LogP contribution < -0.4 is 0 Å². The van der Waals surface area contributed by atoms with Gasteiger partial charge in [0.25, 0.3) is 0 Å². The second-order valence-corrected chi connectivity index (χ2v) is 3.25. The van der Waals surface area contributed by atoms with Crippen molar-refractivity contribution in [2.75, 3.05) is 7.11 Å². The standard InChI is InChI=1S/C8H13N3O2S/c1-4-6-9-10-8(14)11(6)5(2)7(12)13-3/h5H,4H2,1-3H3,(H,10,14). The monoisotopic (exact) mass is 215 g/mol. The SMILES string of the molecule is CCc1n[nH]c(=S)n1C(C)C(=O)OC. The molecule has 0 aromatic carbocycles. The normalized spacial score (nSPS) is 12.5. The number of aromatic nitrogens is 3. The fourth-order valence-electron chi connectivity index (χ4n) is 1.26. The Morgan fingerprint density at radius 2 is 2.43 bits per heavy atom. The zero-order valence-electron chi connectivity index (χ0n) is 8.40. The fourth-order valence-corrected chi connectivity index (χ4v) is 1.57. The van der Waals surface area contributed by atoms with E-state index in [1.807, 2.05) is 6.92 Å². The van der Waals surface area contributed by atoms with Crippen molar-refractivity contribution in [1.29, 1.82) is 0 Å². The van der Waals surface area contributed by atoms with E-state index in [2.05, 4.69) is 14.9 Å². The van der Waals surface area contributed by atoms with Crippen molar-refractivity contribution >= 4 is 18.2 Å². The molecule has 0 radical (unpaired) electrons. The van der Waals surface area contributed by atoms with Gasteiger partial charge < -0.3 is 4.74 Å². The Hall–Kier alpha value is -1.17. The van der Waals surface area contributed by atoms with Gasteiger partial charge in [-0.3, -0.25) is 9.67 Å². The van der Waals surface area contributed by atoms with Gasteiger partial charge in [-0.25, -0.2) is 4.79 Å². The molecule has 1 aromatic rings. The van der Waals surface area contributed by atoms with Crippen LogP contribution in [0.4, 0.5) is 0 Å². The van der Waals surface area contributed by atoms with E-state index in [1.54, 1.807) is 11.5 Å². The summed E-state index contributed by atoms with van der Waals surface area (Å²) in [6, 6.07) is -0.429. The number of hydrogen-bond acceptors (Lipinski definition) is 4. The van der Waals surface area contributed by atoms with Crippen LogP contribution in [0.3, 0.4) is 0 Å². The Morgan fingerprint density at radius 1 is 1.79 bits per heavy atom. The third-order valence-electron chi connectivity index (χ3n) is 2.02. The largest absolute Gasteiger partial charge is 0.467 e. The van der Waals surface area contributed by atoms with E-state index in [4.69, 9.17) is 12.2 Å². The number of nitrogens with one attached hydrogen (secondary N) is 1. The number of aromatic amines is 1. The Labute approximate surface area is 87.1 Å². The molecule has 6 heteroatoms. The first-order valence-electron chi connectivity index (χ1n) is 4.35. The van der Waals surface area contributed by atoms with Gasteiger partial charge in [-0.05, 0) is 19.1 Å². The van der Waals surface area contributed by atoms with Gasteiger partial charge in [0.1, 0.15) is 11.9 Å². The van der Waals surface area contributed by atoms with Crippen molar-refractivity contribution in [2.24, 2.45) is 0 Å². The number of carbonyl (C=O) groups excluding carboxylic acids is 1. The average molecular weight is 215 g/mol.